The lowest BCUT2D eigenvalue weighted by Gasteiger charge is -2.11. The summed E-state index contributed by atoms with van der Waals surface area (Å²) in [5.74, 6) is -0.177. The van der Waals surface area contributed by atoms with Crippen LogP contribution in [0, 0.1) is 0 Å². The van der Waals surface area contributed by atoms with E-state index in [1.807, 2.05) is 37.3 Å². The Balaban J connectivity index is 0.00000361. The van der Waals surface area contributed by atoms with Crippen molar-refractivity contribution in [1.29, 1.82) is 0 Å². The van der Waals surface area contributed by atoms with Crippen LogP contribution in [-0.2, 0) is 16.0 Å². The van der Waals surface area contributed by atoms with Gasteiger partial charge < -0.3 is 16.4 Å². The molecule has 0 saturated heterocycles. The predicted octanol–water partition coefficient (Wildman–Crippen LogP) is 0.621. The fraction of sp³-hybridized carbons (Fsp3) is 0.429. The monoisotopic (exact) mass is 299 g/mol. The first kappa shape index (κ1) is 18.4. The molecule has 0 bridgehead atoms. The van der Waals surface area contributed by atoms with E-state index in [2.05, 4.69) is 10.6 Å². The van der Waals surface area contributed by atoms with Crippen LogP contribution in [0.1, 0.15) is 18.9 Å². The molecule has 0 fully saturated rings. The molecule has 0 radical (unpaired) electrons. The molecule has 0 aliphatic carbocycles. The van der Waals surface area contributed by atoms with Gasteiger partial charge in [0.1, 0.15) is 0 Å². The lowest BCUT2D eigenvalue weighted by molar-refractivity contribution is -0.122. The summed E-state index contributed by atoms with van der Waals surface area (Å²) < 4.78 is 0. The van der Waals surface area contributed by atoms with Gasteiger partial charge in [-0.25, -0.2) is 0 Å². The third kappa shape index (κ3) is 7.76. The quantitative estimate of drug-likeness (QED) is 0.690. The highest BCUT2D eigenvalue weighted by atomic mass is 35.5. The molecular formula is C14H22ClN3O2. The number of benzene rings is 1. The Morgan fingerprint density at radius 2 is 1.85 bits per heavy atom. The fourth-order valence-corrected chi connectivity index (χ4v) is 1.57. The molecule has 0 aromatic heterocycles. The van der Waals surface area contributed by atoms with Crippen molar-refractivity contribution in [1.82, 2.24) is 10.6 Å². The first-order valence-corrected chi connectivity index (χ1v) is 6.42. The molecule has 1 atom stereocenters. The fourth-order valence-electron chi connectivity index (χ4n) is 1.57. The molecule has 20 heavy (non-hydrogen) atoms. The van der Waals surface area contributed by atoms with Gasteiger partial charge in [0.05, 0.1) is 6.42 Å². The van der Waals surface area contributed by atoms with E-state index in [4.69, 9.17) is 5.73 Å². The molecule has 5 nitrogen and oxygen atoms in total. The zero-order valence-corrected chi connectivity index (χ0v) is 12.4. The van der Waals surface area contributed by atoms with Gasteiger partial charge in [-0.05, 0) is 12.5 Å². The molecule has 0 unspecified atom stereocenters. The second-order valence-electron chi connectivity index (χ2n) is 4.47. The van der Waals surface area contributed by atoms with Crippen molar-refractivity contribution in [2.75, 3.05) is 13.1 Å². The number of hydrogen-bond acceptors (Lipinski definition) is 3. The second kappa shape index (κ2) is 10.2. The number of carbonyl (C=O) groups is 2. The average Bonchev–Trinajstić information content (AvgIpc) is 2.39. The number of hydrogen-bond donors (Lipinski definition) is 3. The summed E-state index contributed by atoms with van der Waals surface area (Å²) in [6.07, 6.45) is 0.604. The van der Waals surface area contributed by atoms with Crippen molar-refractivity contribution in [3.63, 3.8) is 0 Å². The van der Waals surface area contributed by atoms with Crippen LogP contribution in [0.25, 0.3) is 0 Å². The molecule has 0 aliphatic heterocycles. The van der Waals surface area contributed by atoms with Crippen molar-refractivity contribution in [3.05, 3.63) is 35.9 Å². The number of carbonyl (C=O) groups excluding carboxylic acids is 2. The van der Waals surface area contributed by atoms with Crippen LogP contribution >= 0.6 is 12.4 Å². The van der Waals surface area contributed by atoms with E-state index in [0.717, 1.165) is 5.56 Å². The van der Waals surface area contributed by atoms with Crippen LogP contribution in [0.3, 0.4) is 0 Å². The third-order valence-corrected chi connectivity index (χ3v) is 2.64. The van der Waals surface area contributed by atoms with Gasteiger partial charge in [-0.3, -0.25) is 9.59 Å². The maximum absolute atomic E-state index is 11.6. The van der Waals surface area contributed by atoms with Gasteiger partial charge in [0, 0.05) is 25.6 Å². The lowest BCUT2D eigenvalue weighted by atomic mass is 10.1. The van der Waals surface area contributed by atoms with E-state index in [0.29, 0.717) is 19.5 Å². The normalized spacial score (nSPS) is 11.1. The molecule has 1 aromatic rings. The smallest absolute Gasteiger partial charge is 0.224 e. The molecule has 6 heteroatoms. The molecule has 1 rings (SSSR count). The van der Waals surface area contributed by atoms with E-state index in [1.165, 1.54) is 0 Å². The highest BCUT2D eigenvalue weighted by Crippen LogP contribution is 1.98. The van der Waals surface area contributed by atoms with Gasteiger partial charge >= 0.3 is 0 Å². The largest absolute Gasteiger partial charge is 0.355 e. The van der Waals surface area contributed by atoms with E-state index in [1.54, 1.807) is 0 Å². The molecule has 2 amide bonds. The van der Waals surface area contributed by atoms with Crippen molar-refractivity contribution in [2.45, 2.75) is 25.8 Å². The topological polar surface area (TPSA) is 84.2 Å². The van der Waals surface area contributed by atoms with Gasteiger partial charge in [0.25, 0.3) is 0 Å². The van der Waals surface area contributed by atoms with E-state index in [-0.39, 0.29) is 36.7 Å². The van der Waals surface area contributed by atoms with Crippen molar-refractivity contribution >= 4 is 24.2 Å². The Hall–Kier alpha value is -1.59. The molecule has 112 valence electrons. The van der Waals surface area contributed by atoms with Gasteiger partial charge in [-0.15, -0.1) is 12.4 Å². The van der Waals surface area contributed by atoms with Crippen molar-refractivity contribution in [2.24, 2.45) is 5.73 Å². The first-order valence-electron chi connectivity index (χ1n) is 6.42. The highest BCUT2D eigenvalue weighted by Gasteiger charge is 2.07. The first-order chi connectivity index (χ1) is 9.11. The zero-order chi connectivity index (χ0) is 14.1. The number of rotatable bonds is 7. The van der Waals surface area contributed by atoms with Crippen LogP contribution < -0.4 is 16.4 Å². The standard InChI is InChI=1S/C14H21N3O2.ClH/c1-11(10-15)17-13(18)7-8-16-14(19)9-12-5-3-2-4-6-12;/h2-6,11H,7-10,15H2,1H3,(H,16,19)(H,17,18);1H/t11-;/m0./s1. The van der Waals surface area contributed by atoms with Gasteiger partial charge in [-0.1, -0.05) is 30.3 Å². The van der Waals surface area contributed by atoms with Crippen LogP contribution in [-0.4, -0.2) is 30.9 Å². The highest BCUT2D eigenvalue weighted by molar-refractivity contribution is 5.85. The molecule has 0 heterocycles. The Morgan fingerprint density at radius 3 is 2.45 bits per heavy atom. The maximum atomic E-state index is 11.6. The van der Waals surface area contributed by atoms with Crippen LogP contribution in [0.15, 0.2) is 30.3 Å². The summed E-state index contributed by atoms with van der Waals surface area (Å²) in [7, 11) is 0. The molecule has 0 aliphatic rings. The third-order valence-electron chi connectivity index (χ3n) is 2.64. The Labute approximate surface area is 125 Å². The lowest BCUT2D eigenvalue weighted by Crippen LogP contribution is -2.39. The van der Waals surface area contributed by atoms with Gasteiger partial charge in [-0.2, -0.15) is 0 Å². The summed E-state index contributed by atoms with van der Waals surface area (Å²) >= 11 is 0. The average molecular weight is 300 g/mol. The SMILES string of the molecule is C[C@@H](CN)NC(=O)CCNC(=O)Cc1ccccc1.Cl. The summed E-state index contributed by atoms with van der Waals surface area (Å²) in [6, 6.07) is 9.45. The summed E-state index contributed by atoms with van der Waals surface area (Å²) in [5.41, 5.74) is 6.36. The number of amides is 2. The predicted molar refractivity (Wildman–Crippen MR) is 81.7 cm³/mol. The number of nitrogens with two attached hydrogens (primary N) is 1. The van der Waals surface area contributed by atoms with Crippen LogP contribution in [0.5, 0.6) is 0 Å². The van der Waals surface area contributed by atoms with E-state index in [9.17, 15) is 9.59 Å². The molecule has 1 aromatic carbocycles. The summed E-state index contributed by atoms with van der Waals surface area (Å²) in [4.78, 5) is 23.0. The number of nitrogens with one attached hydrogen (secondary N) is 2. The Kier molecular flexibility index (Phi) is 9.41. The summed E-state index contributed by atoms with van der Waals surface area (Å²) in [5, 5.41) is 5.46. The van der Waals surface area contributed by atoms with Crippen molar-refractivity contribution in [3.8, 4) is 0 Å². The minimum atomic E-state index is -0.0991. The Morgan fingerprint density at radius 1 is 1.20 bits per heavy atom. The van der Waals surface area contributed by atoms with E-state index >= 15 is 0 Å². The zero-order valence-electron chi connectivity index (χ0n) is 11.6. The number of halogens is 1. The van der Waals surface area contributed by atoms with Crippen LogP contribution in [0.2, 0.25) is 0 Å². The van der Waals surface area contributed by atoms with Crippen molar-refractivity contribution < 1.29 is 9.59 Å². The van der Waals surface area contributed by atoms with Gasteiger partial charge in [0.15, 0.2) is 0 Å². The van der Waals surface area contributed by atoms with Crippen LogP contribution in [0.4, 0.5) is 0 Å². The molecule has 4 N–H and O–H groups in total. The summed E-state index contributed by atoms with van der Waals surface area (Å²) in [6.45, 7) is 2.59. The van der Waals surface area contributed by atoms with E-state index < -0.39 is 0 Å². The molecule has 0 spiro atoms. The second-order valence-corrected chi connectivity index (χ2v) is 4.47. The molecule has 0 saturated carbocycles. The minimum Gasteiger partial charge on any atom is -0.355 e. The maximum Gasteiger partial charge on any atom is 0.224 e. The van der Waals surface area contributed by atoms with Gasteiger partial charge in [0.2, 0.25) is 11.8 Å². The Bertz CT molecular complexity index is 412. The molecular weight excluding hydrogens is 278 g/mol. The minimum absolute atomic E-state index is 0.